The zero-order valence-electron chi connectivity index (χ0n) is 10.7. The van der Waals surface area contributed by atoms with Crippen molar-refractivity contribution < 1.29 is 19.0 Å². The van der Waals surface area contributed by atoms with E-state index in [4.69, 9.17) is 14.2 Å². The van der Waals surface area contributed by atoms with E-state index in [0.29, 0.717) is 30.3 Å². The molecule has 0 unspecified atom stereocenters. The van der Waals surface area contributed by atoms with Crippen molar-refractivity contribution >= 4 is 5.97 Å². The minimum atomic E-state index is -0.366. The number of ether oxygens (including phenoxy) is 3. The first-order chi connectivity index (χ1) is 9.83. The molecule has 0 N–H and O–H groups in total. The highest BCUT2D eigenvalue weighted by Crippen LogP contribution is 2.42. The van der Waals surface area contributed by atoms with Gasteiger partial charge in [0.1, 0.15) is 13.2 Å². The summed E-state index contributed by atoms with van der Waals surface area (Å²) in [6, 6.07) is 13.3. The molecule has 4 heteroatoms. The molecule has 0 spiro atoms. The van der Waals surface area contributed by atoms with Gasteiger partial charge in [0.25, 0.3) is 0 Å². The van der Waals surface area contributed by atoms with E-state index in [2.05, 4.69) is 0 Å². The summed E-state index contributed by atoms with van der Waals surface area (Å²) in [5.41, 5.74) is 2.35. The van der Waals surface area contributed by atoms with E-state index in [-0.39, 0.29) is 12.1 Å². The Balaban J connectivity index is 1.84. The van der Waals surface area contributed by atoms with Crippen LogP contribution in [0.5, 0.6) is 11.5 Å². The molecule has 4 rings (SSSR count). The van der Waals surface area contributed by atoms with E-state index >= 15 is 0 Å². The maximum absolute atomic E-state index is 12.0. The molecule has 0 fully saturated rings. The Labute approximate surface area is 115 Å². The predicted octanol–water partition coefficient (Wildman–Crippen LogP) is 2.72. The smallest absolute Gasteiger partial charge is 0.339 e. The standard InChI is InChI=1S/C16H12O4/c17-16-12-9-14-13(18-6-7-19-14)8-11(12)15(20-16)10-4-2-1-3-5-10/h1-5,8-9,15H,6-7H2/t15-/m1/s1. The Morgan fingerprint density at radius 3 is 2.40 bits per heavy atom. The molecule has 2 aliphatic rings. The van der Waals surface area contributed by atoms with Gasteiger partial charge in [-0.3, -0.25) is 0 Å². The van der Waals surface area contributed by atoms with Crippen molar-refractivity contribution in [3.8, 4) is 11.5 Å². The van der Waals surface area contributed by atoms with E-state index in [1.807, 2.05) is 36.4 Å². The van der Waals surface area contributed by atoms with Crippen LogP contribution in [0.15, 0.2) is 42.5 Å². The van der Waals surface area contributed by atoms with Gasteiger partial charge in [0.2, 0.25) is 0 Å². The monoisotopic (exact) mass is 268 g/mol. The van der Waals surface area contributed by atoms with Crippen molar-refractivity contribution in [1.82, 2.24) is 0 Å². The van der Waals surface area contributed by atoms with Crippen molar-refractivity contribution in [1.29, 1.82) is 0 Å². The van der Waals surface area contributed by atoms with Crippen LogP contribution in [0.25, 0.3) is 0 Å². The summed E-state index contributed by atoms with van der Waals surface area (Å²) in [5, 5.41) is 0. The summed E-state index contributed by atoms with van der Waals surface area (Å²) in [7, 11) is 0. The fourth-order valence-corrected chi connectivity index (χ4v) is 2.61. The summed E-state index contributed by atoms with van der Waals surface area (Å²) in [6.45, 7) is 1.03. The molecular weight excluding hydrogens is 256 g/mol. The van der Waals surface area contributed by atoms with Crippen LogP contribution in [-0.4, -0.2) is 19.2 Å². The van der Waals surface area contributed by atoms with Crippen LogP contribution in [0.3, 0.4) is 0 Å². The molecule has 2 aromatic rings. The molecule has 0 saturated heterocycles. The topological polar surface area (TPSA) is 44.8 Å². The zero-order chi connectivity index (χ0) is 13.5. The maximum Gasteiger partial charge on any atom is 0.339 e. The second kappa shape index (κ2) is 4.27. The third kappa shape index (κ3) is 1.65. The second-order valence-corrected chi connectivity index (χ2v) is 4.78. The highest BCUT2D eigenvalue weighted by atomic mass is 16.6. The van der Waals surface area contributed by atoms with Gasteiger partial charge in [-0.2, -0.15) is 0 Å². The van der Waals surface area contributed by atoms with E-state index in [0.717, 1.165) is 11.1 Å². The lowest BCUT2D eigenvalue weighted by Crippen LogP contribution is -2.16. The fraction of sp³-hybridized carbons (Fsp3) is 0.188. The number of rotatable bonds is 1. The van der Waals surface area contributed by atoms with Crippen LogP contribution in [-0.2, 0) is 4.74 Å². The number of hydrogen-bond acceptors (Lipinski definition) is 4. The maximum atomic E-state index is 12.0. The normalized spacial score (nSPS) is 19.4. The van der Waals surface area contributed by atoms with Crippen LogP contribution >= 0.6 is 0 Å². The molecule has 20 heavy (non-hydrogen) atoms. The van der Waals surface area contributed by atoms with Gasteiger partial charge < -0.3 is 14.2 Å². The van der Waals surface area contributed by atoms with E-state index in [1.54, 1.807) is 6.07 Å². The molecule has 4 nitrogen and oxygen atoms in total. The van der Waals surface area contributed by atoms with Gasteiger partial charge in [0.15, 0.2) is 17.6 Å². The Hall–Kier alpha value is -2.49. The van der Waals surface area contributed by atoms with Crippen molar-refractivity contribution in [2.45, 2.75) is 6.10 Å². The first-order valence-electron chi connectivity index (χ1n) is 6.52. The highest BCUT2D eigenvalue weighted by molar-refractivity contribution is 5.95. The van der Waals surface area contributed by atoms with Gasteiger partial charge in [-0.15, -0.1) is 0 Å². The van der Waals surface area contributed by atoms with Gasteiger partial charge in [-0.25, -0.2) is 4.79 Å². The van der Waals surface area contributed by atoms with E-state index in [9.17, 15) is 4.79 Å². The largest absolute Gasteiger partial charge is 0.486 e. The number of cyclic esters (lactones) is 1. The van der Waals surface area contributed by atoms with Crippen molar-refractivity contribution in [3.63, 3.8) is 0 Å². The minimum Gasteiger partial charge on any atom is -0.486 e. The number of carbonyl (C=O) groups excluding carboxylic acids is 1. The lowest BCUT2D eigenvalue weighted by Gasteiger charge is -2.19. The highest BCUT2D eigenvalue weighted by Gasteiger charge is 2.34. The number of carbonyl (C=O) groups is 1. The van der Waals surface area contributed by atoms with E-state index in [1.165, 1.54) is 0 Å². The van der Waals surface area contributed by atoms with Gasteiger partial charge in [0.05, 0.1) is 5.56 Å². The average Bonchev–Trinajstić information content (AvgIpc) is 2.83. The Bertz CT molecular complexity index is 678. The predicted molar refractivity (Wildman–Crippen MR) is 71.1 cm³/mol. The molecule has 0 radical (unpaired) electrons. The van der Waals surface area contributed by atoms with Gasteiger partial charge in [0, 0.05) is 5.56 Å². The lowest BCUT2D eigenvalue weighted by atomic mass is 9.98. The van der Waals surface area contributed by atoms with Crippen molar-refractivity contribution in [3.05, 3.63) is 59.2 Å². The molecule has 0 amide bonds. The summed E-state index contributed by atoms with van der Waals surface area (Å²) >= 11 is 0. The summed E-state index contributed by atoms with van der Waals surface area (Å²) in [4.78, 5) is 12.0. The molecule has 0 bridgehead atoms. The number of esters is 1. The molecule has 0 saturated carbocycles. The molecule has 0 aliphatic carbocycles. The van der Waals surface area contributed by atoms with Crippen LogP contribution < -0.4 is 9.47 Å². The third-order valence-corrected chi connectivity index (χ3v) is 3.54. The van der Waals surface area contributed by atoms with Crippen molar-refractivity contribution in [2.75, 3.05) is 13.2 Å². The third-order valence-electron chi connectivity index (χ3n) is 3.54. The lowest BCUT2D eigenvalue weighted by molar-refractivity contribution is 0.0455. The summed E-state index contributed by atoms with van der Waals surface area (Å²) in [5.74, 6) is 0.973. The first-order valence-corrected chi connectivity index (χ1v) is 6.52. The summed E-state index contributed by atoms with van der Waals surface area (Å²) in [6.07, 6.45) is -0.366. The molecule has 2 aromatic carbocycles. The van der Waals surface area contributed by atoms with Crippen LogP contribution in [0.2, 0.25) is 0 Å². The average molecular weight is 268 g/mol. The second-order valence-electron chi connectivity index (χ2n) is 4.78. The van der Waals surface area contributed by atoms with Gasteiger partial charge >= 0.3 is 5.97 Å². The number of fused-ring (bicyclic) bond motifs is 2. The SMILES string of the molecule is O=C1O[C@H](c2ccccc2)c2cc3c(cc21)OCCO3. The molecule has 2 heterocycles. The van der Waals surface area contributed by atoms with Gasteiger partial charge in [-0.1, -0.05) is 30.3 Å². The Kier molecular flexibility index (Phi) is 2.42. The Morgan fingerprint density at radius 1 is 0.950 bits per heavy atom. The van der Waals surface area contributed by atoms with Crippen LogP contribution in [0.4, 0.5) is 0 Å². The van der Waals surface area contributed by atoms with E-state index < -0.39 is 0 Å². The molecule has 2 aliphatic heterocycles. The quantitative estimate of drug-likeness (QED) is 0.746. The van der Waals surface area contributed by atoms with Gasteiger partial charge in [-0.05, 0) is 17.7 Å². The fourth-order valence-electron chi connectivity index (χ4n) is 2.61. The zero-order valence-corrected chi connectivity index (χ0v) is 10.7. The first kappa shape index (κ1) is 11.3. The van der Waals surface area contributed by atoms with Crippen molar-refractivity contribution in [2.24, 2.45) is 0 Å². The summed E-state index contributed by atoms with van der Waals surface area (Å²) < 4.78 is 16.6. The Morgan fingerprint density at radius 2 is 1.65 bits per heavy atom. The molecule has 0 aromatic heterocycles. The molecule has 1 atom stereocenters. The van der Waals surface area contributed by atoms with Crippen LogP contribution in [0, 0.1) is 0 Å². The number of benzene rings is 2. The number of hydrogen-bond donors (Lipinski definition) is 0. The molecular formula is C16H12O4. The molecule has 100 valence electrons. The minimum absolute atomic E-state index is 0.314. The van der Waals surface area contributed by atoms with Crippen LogP contribution in [0.1, 0.15) is 27.6 Å².